The van der Waals surface area contributed by atoms with Gasteiger partial charge in [-0.25, -0.2) is 0 Å². The van der Waals surface area contributed by atoms with Gasteiger partial charge in [-0.15, -0.1) is 0 Å². The summed E-state index contributed by atoms with van der Waals surface area (Å²) in [6, 6.07) is 0. The molecule has 0 fully saturated rings. The molecule has 0 amide bonds. The van der Waals surface area contributed by atoms with Gasteiger partial charge in [-0.3, -0.25) is 0 Å². The zero-order chi connectivity index (χ0) is 6.50. The van der Waals surface area contributed by atoms with Gasteiger partial charge in [0.15, 0.2) is 0 Å². The van der Waals surface area contributed by atoms with Crippen molar-refractivity contribution in [2.24, 2.45) is 0 Å². The van der Waals surface area contributed by atoms with Gasteiger partial charge in [0.1, 0.15) is 0 Å². The first-order valence-corrected chi connectivity index (χ1v) is 2.72. The van der Waals surface area contributed by atoms with E-state index < -0.39 is 7.82 Å². The van der Waals surface area contributed by atoms with Crippen LogP contribution >= 0.6 is 7.82 Å². The first-order valence-electron chi connectivity index (χ1n) is 0.859. The average molecular weight is 197 g/mol. The predicted octanol–water partition coefficient (Wildman–Crippen LogP) is -3.33. The molecule has 0 aliphatic heterocycles. The summed E-state index contributed by atoms with van der Waals surface area (Å²) >= 11 is 2.62. The van der Waals surface area contributed by atoms with Crippen LogP contribution in [0.15, 0.2) is 0 Å². The Kier molecular flexibility index (Phi) is 15.8. The Bertz CT molecular complexity index is 68.2. The van der Waals surface area contributed by atoms with Crippen molar-refractivity contribution >= 4 is 25.2 Å². The second-order valence-electron chi connectivity index (χ2n) is 0.447. The minimum absolute atomic E-state index is 0. The zero-order valence-corrected chi connectivity index (χ0v) is 6.42. The van der Waals surface area contributed by atoms with Crippen LogP contribution in [0.25, 0.3) is 0 Å². The van der Waals surface area contributed by atoms with Crippen molar-refractivity contribution in [1.82, 2.24) is 0 Å². The van der Waals surface area contributed by atoms with Crippen molar-refractivity contribution in [2.45, 2.75) is 0 Å². The Morgan fingerprint density at radius 1 is 1.12 bits per heavy atom. The van der Waals surface area contributed by atoms with E-state index in [9.17, 15) is 0 Å². The van der Waals surface area contributed by atoms with Gasteiger partial charge in [-0.2, -0.15) is 7.82 Å². The van der Waals surface area contributed by atoms with Gasteiger partial charge in [0, 0.05) is 0 Å². The topological polar surface area (TPSA) is 103 Å². The SMILES string of the molecule is O=P([O-])([O-])[O-].[Al+3].[O]=[Ni]. The van der Waals surface area contributed by atoms with Crippen molar-refractivity contribution in [1.29, 1.82) is 0 Å². The molecule has 0 rings (SSSR count). The monoisotopic (exact) mass is 196 g/mol. The van der Waals surface area contributed by atoms with Crippen LogP contribution in [0.1, 0.15) is 0 Å². The van der Waals surface area contributed by atoms with Gasteiger partial charge in [0.2, 0.25) is 0 Å². The van der Waals surface area contributed by atoms with Gasteiger partial charge in [0.05, 0.1) is 0 Å². The fraction of sp³-hybridized carbons (Fsp3) is 0. The van der Waals surface area contributed by atoms with E-state index in [1.165, 1.54) is 0 Å². The molecular weight excluding hydrogens is 197 g/mol. The molecule has 5 nitrogen and oxygen atoms in total. The molecule has 0 saturated heterocycles. The summed E-state index contributed by atoms with van der Waals surface area (Å²) in [4.78, 5) is 25.6. The Hall–Kier alpha value is 0.936. The summed E-state index contributed by atoms with van der Waals surface area (Å²) in [6.07, 6.45) is 0. The van der Waals surface area contributed by atoms with E-state index in [-0.39, 0.29) is 17.4 Å². The summed E-state index contributed by atoms with van der Waals surface area (Å²) < 4.78 is 16.4. The second-order valence-corrected chi connectivity index (χ2v) is 1.34. The van der Waals surface area contributed by atoms with E-state index in [0.29, 0.717) is 0 Å². The fourth-order valence-electron chi connectivity index (χ4n) is 0. The fourth-order valence-corrected chi connectivity index (χ4v) is 0. The maximum atomic E-state index is 8.55. The quantitative estimate of drug-likeness (QED) is 0.298. The van der Waals surface area contributed by atoms with E-state index in [1.54, 1.807) is 0 Å². The summed E-state index contributed by atoms with van der Waals surface area (Å²) in [5, 5.41) is 0. The summed E-state index contributed by atoms with van der Waals surface area (Å²) in [7, 11) is -5.39. The molecule has 0 radical (unpaired) electrons. The molecule has 0 aliphatic rings. The third kappa shape index (κ3) is 279. The number of phosphoric acid groups is 1. The van der Waals surface area contributed by atoms with Crippen LogP contribution in [0.3, 0.4) is 0 Å². The van der Waals surface area contributed by atoms with Crippen molar-refractivity contribution in [2.75, 3.05) is 0 Å². The van der Waals surface area contributed by atoms with Gasteiger partial charge >= 0.3 is 36.6 Å². The Balaban J connectivity index is -0.0000000750. The van der Waals surface area contributed by atoms with Gasteiger partial charge < -0.3 is 19.2 Å². The van der Waals surface area contributed by atoms with Gasteiger partial charge in [-0.1, -0.05) is 0 Å². The standard InChI is InChI=1S/Al.Ni.H3O4P.O/c;;1-5(2,3)4;/h;;(H3,1,2,3,4);/q+3;;;/p-3. The molecule has 0 aliphatic carbocycles. The van der Waals surface area contributed by atoms with Crippen molar-refractivity contribution in [3.05, 3.63) is 0 Å². The van der Waals surface area contributed by atoms with Crippen molar-refractivity contribution < 1.29 is 38.5 Å². The molecule has 0 aromatic heterocycles. The van der Waals surface area contributed by atoms with Crippen LogP contribution in [0.5, 0.6) is 0 Å². The van der Waals surface area contributed by atoms with Gasteiger partial charge in [-0.05, 0) is 0 Å². The first-order chi connectivity index (χ1) is 3.00. The number of hydrogen-bond acceptors (Lipinski definition) is 5. The molecule has 0 aromatic carbocycles. The first kappa shape index (κ1) is 16.0. The van der Waals surface area contributed by atoms with Crippen LogP contribution < -0.4 is 14.7 Å². The number of hydrogen-bond donors (Lipinski definition) is 0. The van der Waals surface area contributed by atoms with E-state index in [0.717, 1.165) is 0 Å². The molecule has 8 heavy (non-hydrogen) atoms. The van der Waals surface area contributed by atoms with Crippen LogP contribution in [-0.4, -0.2) is 17.4 Å². The molecule has 0 N–H and O–H groups in total. The molecule has 0 bridgehead atoms. The molecule has 0 unspecified atom stereocenters. The van der Waals surface area contributed by atoms with Gasteiger partial charge in [0.25, 0.3) is 0 Å². The Morgan fingerprint density at radius 2 is 1.12 bits per heavy atom. The zero-order valence-electron chi connectivity index (χ0n) is 3.38. The number of rotatable bonds is 0. The van der Waals surface area contributed by atoms with E-state index in [1.807, 2.05) is 0 Å². The molecule has 0 aromatic rings. The van der Waals surface area contributed by atoms with Crippen LogP contribution in [-0.2, 0) is 23.9 Å². The van der Waals surface area contributed by atoms with E-state index >= 15 is 0 Å². The molecule has 48 valence electrons. The summed E-state index contributed by atoms with van der Waals surface area (Å²) in [5.74, 6) is 0. The Labute approximate surface area is 64.0 Å². The third-order valence-electron chi connectivity index (χ3n) is 0. The summed E-state index contributed by atoms with van der Waals surface area (Å²) in [5.41, 5.74) is 0. The molecule has 0 spiro atoms. The normalized spacial score (nSPS) is 8.12. The van der Waals surface area contributed by atoms with Crippen LogP contribution in [0.2, 0.25) is 0 Å². The average Bonchev–Trinajstić information content (AvgIpc) is 1.36. The minimum atomic E-state index is -5.39. The van der Waals surface area contributed by atoms with Crippen molar-refractivity contribution in [3.63, 3.8) is 0 Å². The predicted molar refractivity (Wildman–Crippen MR) is 14.0 cm³/mol. The second kappa shape index (κ2) is 7.94. The van der Waals surface area contributed by atoms with Crippen LogP contribution in [0, 0.1) is 0 Å². The van der Waals surface area contributed by atoms with E-state index in [2.05, 4.69) is 15.4 Å². The van der Waals surface area contributed by atoms with Crippen molar-refractivity contribution in [3.8, 4) is 0 Å². The molecular formula is AlNiO5P. The summed E-state index contributed by atoms with van der Waals surface area (Å²) in [6.45, 7) is 0. The molecule has 8 heteroatoms. The molecule has 0 saturated carbocycles. The maximum absolute atomic E-state index is 8.55. The van der Waals surface area contributed by atoms with Crippen LogP contribution in [0.4, 0.5) is 0 Å². The molecule has 0 heterocycles. The molecule has 0 atom stereocenters. The third-order valence-corrected chi connectivity index (χ3v) is 0. The van der Waals surface area contributed by atoms with E-state index in [4.69, 9.17) is 23.1 Å². The Morgan fingerprint density at radius 3 is 1.12 bits per heavy atom.